The summed E-state index contributed by atoms with van der Waals surface area (Å²) in [5, 5.41) is 14.1. The monoisotopic (exact) mass is 267 g/mol. The first kappa shape index (κ1) is 15.6. The minimum atomic E-state index is -0.0195. The van der Waals surface area contributed by atoms with Crippen molar-refractivity contribution in [3.63, 3.8) is 0 Å². The van der Waals surface area contributed by atoms with Crippen molar-refractivity contribution in [2.24, 2.45) is 5.92 Å². The lowest BCUT2D eigenvalue weighted by molar-refractivity contribution is -0.121. The van der Waals surface area contributed by atoms with Crippen molar-refractivity contribution in [1.29, 1.82) is 0 Å². The molecule has 108 valence electrons. The molecule has 0 aliphatic heterocycles. The molecule has 0 aromatic carbocycles. The van der Waals surface area contributed by atoms with Gasteiger partial charge in [-0.25, -0.2) is 4.68 Å². The lowest BCUT2D eigenvalue weighted by Gasteiger charge is -2.06. The number of carbonyl (C=O) groups excluding carboxylic acids is 1. The second-order valence-corrected chi connectivity index (χ2v) is 5.48. The van der Waals surface area contributed by atoms with Crippen LogP contribution >= 0.6 is 0 Å². The molecule has 1 aromatic heterocycles. The maximum atomic E-state index is 11.7. The van der Waals surface area contributed by atoms with E-state index in [4.69, 9.17) is 0 Å². The van der Waals surface area contributed by atoms with Crippen LogP contribution in [0.1, 0.15) is 39.8 Å². The zero-order valence-corrected chi connectivity index (χ0v) is 12.3. The summed E-state index contributed by atoms with van der Waals surface area (Å²) < 4.78 is 1.57. The Hall–Kier alpha value is -1.43. The van der Waals surface area contributed by atoms with Gasteiger partial charge in [-0.15, -0.1) is 5.10 Å². The number of aromatic nitrogens is 3. The van der Waals surface area contributed by atoms with Crippen LogP contribution in [-0.4, -0.2) is 33.5 Å². The molecule has 0 aliphatic rings. The summed E-state index contributed by atoms with van der Waals surface area (Å²) in [5.41, 5.74) is 0.851. The first-order valence-electron chi connectivity index (χ1n) is 6.86. The molecule has 1 aromatic rings. The Morgan fingerprint density at radius 3 is 2.74 bits per heavy atom. The van der Waals surface area contributed by atoms with Gasteiger partial charge in [-0.2, -0.15) is 0 Å². The normalized spacial score (nSPS) is 11.3. The van der Waals surface area contributed by atoms with Gasteiger partial charge < -0.3 is 10.6 Å². The highest BCUT2D eigenvalue weighted by molar-refractivity contribution is 5.75. The Morgan fingerprint density at radius 2 is 2.11 bits per heavy atom. The largest absolute Gasteiger partial charge is 0.354 e. The maximum Gasteiger partial charge on any atom is 0.241 e. The van der Waals surface area contributed by atoms with Crippen LogP contribution in [0.2, 0.25) is 0 Å². The molecule has 0 spiro atoms. The average Bonchev–Trinajstić information content (AvgIpc) is 2.73. The summed E-state index contributed by atoms with van der Waals surface area (Å²) in [6.07, 6.45) is 2.80. The van der Waals surface area contributed by atoms with Crippen LogP contribution in [0.5, 0.6) is 0 Å². The van der Waals surface area contributed by atoms with E-state index in [1.165, 1.54) is 0 Å². The quantitative estimate of drug-likeness (QED) is 0.735. The Kier molecular flexibility index (Phi) is 6.49. The number of nitrogens with zero attached hydrogens (tertiary/aromatic N) is 3. The van der Waals surface area contributed by atoms with Crippen LogP contribution in [0.3, 0.4) is 0 Å². The number of hydrogen-bond donors (Lipinski definition) is 2. The van der Waals surface area contributed by atoms with E-state index in [0.717, 1.165) is 12.1 Å². The number of amides is 1. The van der Waals surface area contributed by atoms with Crippen molar-refractivity contribution in [2.75, 3.05) is 6.54 Å². The molecule has 1 amide bonds. The van der Waals surface area contributed by atoms with Gasteiger partial charge in [0.15, 0.2) is 0 Å². The van der Waals surface area contributed by atoms with Crippen molar-refractivity contribution in [3.8, 4) is 0 Å². The molecular weight excluding hydrogens is 242 g/mol. The van der Waals surface area contributed by atoms with Crippen molar-refractivity contribution in [3.05, 3.63) is 11.9 Å². The molecule has 2 N–H and O–H groups in total. The van der Waals surface area contributed by atoms with E-state index >= 15 is 0 Å². The van der Waals surface area contributed by atoms with Gasteiger partial charge in [-0.05, 0) is 12.3 Å². The van der Waals surface area contributed by atoms with E-state index in [0.29, 0.717) is 25.0 Å². The summed E-state index contributed by atoms with van der Waals surface area (Å²) in [4.78, 5) is 11.7. The van der Waals surface area contributed by atoms with Crippen LogP contribution in [0.15, 0.2) is 6.20 Å². The third-order valence-corrected chi connectivity index (χ3v) is 2.63. The number of carbonyl (C=O) groups is 1. The van der Waals surface area contributed by atoms with E-state index in [2.05, 4.69) is 48.6 Å². The van der Waals surface area contributed by atoms with E-state index in [9.17, 15) is 4.79 Å². The minimum Gasteiger partial charge on any atom is -0.354 e. The predicted molar refractivity (Wildman–Crippen MR) is 74.5 cm³/mol. The molecule has 0 unspecified atom stereocenters. The summed E-state index contributed by atoms with van der Waals surface area (Å²) in [5.74, 6) is 0.578. The van der Waals surface area contributed by atoms with Gasteiger partial charge >= 0.3 is 0 Å². The topological polar surface area (TPSA) is 71.8 Å². The molecule has 1 rings (SSSR count). The molecule has 0 saturated carbocycles. The van der Waals surface area contributed by atoms with Gasteiger partial charge in [0.05, 0.1) is 11.9 Å². The zero-order chi connectivity index (χ0) is 14.3. The van der Waals surface area contributed by atoms with Gasteiger partial charge in [0, 0.05) is 19.1 Å². The van der Waals surface area contributed by atoms with Crippen LogP contribution in [0.4, 0.5) is 0 Å². The summed E-state index contributed by atoms with van der Waals surface area (Å²) in [6, 6.07) is 0.407. The number of rotatable bonds is 8. The lowest BCUT2D eigenvalue weighted by Crippen LogP contribution is -2.29. The van der Waals surface area contributed by atoms with E-state index in [1.807, 2.05) is 0 Å². The molecule has 1 heterocycles. The predicted octanol–water partition coefficient (Wildman–Crippen LogP) is 0.938. The van der Waals surface area contributed by atoms with Gasteiger partial charge in [0.1, 0.15) is 6.54 Å². The third-order valence-electron chi connectivity index (χ3n) is 2.63. The van der Waals surface area contributed by atoms with Crippen LogP contribution in [-0.2, 0) is 17.9 Å². The average molecular weight is 267 g/mol. The van der Waals surface area contributed by atoms with Gasteiger partial charge in [-0.1, -0.05) is 32.9 Å². The fourth-order valence-electron chi connectivity index (χ4n) is 1.51. The number of nitrogens with one attached hydrogen (secondary N) is 2. The summed E-state index contributed by atoms with van der Waals surface area (Å²) >= 11 is 0. The molecule has 0 atom stereocenters. The first-order valence-corrected chi connectivity index (χ1v) is 6.86. The second kappa shape index (κ2) is 7.89. The van der Waals surface area contributed by atoms with Crippen LogP contribution < -0.4 is 10.6 Å². The Balaban J connectivity index is 2.30. The van der Waals surface area contributed by atoms with Crippen LogP contribution in [0.25, 0.3) is 0 Å². The first-order chi connectivity index (χ1) is 8.97. The Bertz CT molecular complexity index is 386. The molecule has 6 nitrogen and oxygen atoms in total. The Morgan fingerprint density at radius 1 is 1.37 bits per heavy atom. The van der Waals surface area contributed by atoms with Crippen molar-refractivity contribution in [2.45, 2.75) is 53.2 Å². The van der Waals surface area contributed by atoms with E-state index in [1.54, 1.807) is 10.9 Å². The highest BCUT2D eigenvalue weighted by Crippen LogP contribution is 1.97. The molecule has 0 radical (unpaired) electrons. The maximum absolute atomic E-state index is 11.7. The minimum absolute atomic E-state index is 0.0195. The van der Waals surface area contributed by atoms with Gasteiger partial charge in [0.2, 0.25) is 5.91 Å². The molecule has 19 heavy (non-hydrogen) atoms. The summed E-state index contributed by atoms with van der Waals surface area (Å²) in [7, 11) is 0. The fraction of sp³-hybridized carbons (Fsp3) is 0.769. The van der Waals surface area contributed by atoms with Gasteiger partial charge in [0.25, 0.3) is 0 Å². The van der Waals surface area contributed by atoms with Gasteiger partial charge in [-0.3, -0.25) is 4.79 Å². The molecule has 0 aliphatic carbocycles. The number of hydrogen-bond acceptors (Lipinski definition) is 4. The smallest absolute Gasteiger partial charge is 0.241 e. The fourth-order valence-corrected chi connectivity index (χ4v) is 1.51. The zero-order valence-electron chi connectivity index (χ0n) is 12.3. The molecule has 0 fully saturated rings. The standard InChI is InChI=1S/C13H25N5O/c1-10(2)5-6-14-13(19)9-18-8-12(16-17-18)7-15-11(3)4/h8,10-11,15H,5-7,9H2,1-4H3,(H,14,19). The molecule has 6 heteroatoms. The van der Waals surface area contributed by atoms with Crippen molar-refractivity contribution >= 4 is 5.91 Å². The summed E-state index contributed by atoms with van der Waals surface area (Å²) in [6.45, 7) is 10.0. The van der Waals surface area contributed by atoms with Crippen molar-refractivity contribution < 1.29 is 4.79 Å². The second-order valence-electron chi connectivity index (χ2n) is 5.48. The SMILES string of the molecule is CC(C)CCNC(=O)Cn1cc(CNC(C)C)nn1. The molecule has 0 bridgehead atoms. The van der Waals surface area contributed by atoms with E-state index < -0.39 is 0 Å². The van der Waals surface area contributed by atoms with Crippen molar-refractivity contribution in [1.82, 2.24) is 25.6 Å². The van der Waals surface area contributed by atoms with E-state index in [-0.39, 0.29) is 12.5 Å². The third kappa shape index (κ3) is 6.91. The highest BCUT2D eigenvalue weighted by atomic mass is 16.2. The highest BCUT2D eigenvalue weighted by Gasteiger charge is 2.06. The lowest BCUT2D eigenvalue weighted by atomic mass is 10.1. The molecular formula is C13H25N5O. The molecule has 0 saturated heterocycles. The van der Waals surface area contributed by atoms with Crippen LogP contribution in [0, 0.1) is 5.92 Å². The Labute approximate surface area is 115 Å².